The van der Waals surface area contributed by atoms with Gasteiger partial charge in [0, 0.05) is 0 Å². The van der Waals surface area contributed by atoms with E-state index >= 15 is 0 Å². The van der Waals surface area contributed by atoms with Gasteiger partial charge in [0.2, 0.25) is 0 Å². The van der Waals surface area contributed by atoms with Crippen LogP contribution in [-0.4, -0.2) is 15.9 Å². The van der Waals surface area contributed by atoms with Crippen LogP contribution in [-0.2, 0) is 0 Å². The molecule has 1 N–H and O–H groups in total. The van der Waals surface area contributed by atoms with Gasteiger partial charge in [0.05, 0.1) is 10.8 Å². The van der Waals surface area contributed by atoms with Gasteiger partial charge in [-0.1, -0.05) is 18.3 Å². The molecule has 40 valence electrons. The number of thiocarbonyl (C=S) groups is 1. The number of thiol groups is 1. The smallest absolute Gasteiger partial charge is 0.0672 e. The predicted molar refractivity (Wildman–Crippen MR) is 37.8 cm³/mol. The van der Waals surface area contributed by atoms with Crippen molar-refractivity contribution in [2.24, 2.45) is 0 Å². The van der Waals surface area contributed by atoms with Crippen LogP contribution >= 0.6 is 24.8 Å². The zero-order valence-electron chi connectivity index (χ0n) is 3.66. The molecule has 1 nitrogen and oxygen atoms in total. The van der Waals surface area contributed by atoms with Crippen LogP contribution in [0.5, 0.6) is 0 Å². The summed E-state index contributed by atoms with van der Waals surface area (Å²) in [4.78, 5) is 0. The highest BCUT2D eigenvalue weighted by Gasteiger charge is 1.72. The van der Waals surface area contributed by atoms with Crippen molar-refractivity contribution in [3.63, 3.8) is 0 Å². The first kappa shape index (κ1) is 7.14. The van der Waals surface area contributed by atoms with Crippen molar-refractivity contribution in [3.8, 4) is 0 Å². The van der Waals surface area contributed by atoms with Crippen LogP contribution in [0.25, 0.3) is 0 Å². The van der Waals surface area contributed by atoms with Crippen molar-refractivity contribution >= 4 is 29.0 Å². The Bertz CT molecular complexity index is 87.7. The molecule has 0 bridgehead atoms. The lowest BCUT2D eigenvalue weighted by Gasteiger charge is -1.76. The van der Waals surface area contributed by atoms with Gasteiger partial charge in [-0.3, -0.25) is 0 Å². The Morgan fingerprint density at radius 2 is 2.43 bits per heavy atom. The lowest BCUT2D eigenvalue weighted by atomic mass is 10.6. The Morgan fingerprint density at radius 3 is 2.57 bits per heavy atom. The summed E-state index contributed by atoms with van der Waals surface area (Å²) >= 11 is 8.29. The fourth-order valence-electron chi connectivity index (χ4n) is 0.154. The SMILES string of the molecule is OCC=CC(=S)S. The summed E-state index contributed by atoms with van der Waals surface area (Å²) in [5.41, 5.74) is 0. The van der Waals surface area contributed by atoms with E-state index in [1.165, 1.54) is 6.08 Å². The third-order valence-corrected chi connectivity index (χ3v) is 0.651. The first-order chi connectivity index (χ1) is 3.27. The Balaban J connectivity index is 3.26. The van der Waals surface area contributed by atoms with E-state index in [0.717, 1.165) is 0 Å². The second-order valence-corrected chi connectivity index (χ2v) is 2.15. The van der Waals surface area contributed by atoms with Gasteiger partial charge >= 0.3 is 0 Å². The second kappa shape index (κ2) is 4.30. The quantitative estimate of drug-likeness (QED) is 0.331. The standard InChI is InChI=1S/C4H6OS2/c5-3-1-2-4(6)7/h1-2,5H,3H2,(H,6,7). The molecule has 0 amide bonds. The normalized spacial score (nSPS) is 10.0. The average molecular weight is 134 g/mol. The fourth-order valence-corrected chi connectivity index (χ4v) is 0.355. The molecule has 0 radical (unpaired) electrons. The van der Waals surface area contributed by atoms with E-state index in [2.05, 4.69) is 24.8 Å². The molecule has 0 aliphatic heterocycles. The molecule has 0 saturated heterocycles. The largest absolute Gasteiger partial charge is 0.392 e. The second-order valence-electron chi connectivity index (χ2n) is 0.923. The molecule has 0 fully saturated rings. The Morgan fingerprint density at radius 1 is 1.86 bits per heavy atom. The van der Waals surface area contributed by atoms with Gasteiger partial charge in [0.1, 0.15) is 0 Å². The van der Waals surface area contributed by atoms with E-state index in [4.69, 9.17) is 5.11 Å². The maximum absolute atomic E-state index is 8.13. The highest BCUT2D eigenvalue weighted by molar-refractivity contribution is 8.11. The number of aliphatic hydroxyl groups excluding tert-OH is 1. The Hall–Kier alpha value is 0.140. The zero-order chi connectivity index (χ0) is 5.70. The van der Waals surface area contributed by atoms with Crippen LogP contribution in [0.1, 0.15) is 0 Å². The number of hydrogen-bond donors (Lipinski definition) is 2. The average Bonchev–Trinajstić information content (AvgIpc) is 1.61. The van der Waals surface area contributed by atoms with Crippen LogP contribution in [0.3, 0.4) is 0 Å². The maximum Gasteiger partial charge on any atom is 0.0672 e. The molecule has 0 aromatic rings. The van der Waals surface area contributed by atoms with Crippen LogP contribution in [0.2, 0.25) is 0 Å². The molecule has 0 aliphatic carbocycles. The summed E-state index contributed by atoms with van der Waals surface area (Å²) in [6.45, 7) is 0.0285. The highest BCUT2D eigenvalue weighted by Crippen LogP contribution is 1.83. The molecule has 0 aliphatic rings. The van der Waals surface area contributed by atoms with Crippen molar-refractivity contribution in [2.45, 2.75) is 0 Å². The van der Waals surface area contributed by atoms with Gasteiger partial charge < -0.3 is 5.11 Å². The Kier molecular flexibility index (Phi) is 4.39. The summed E-state index contributed by atoms with van der Waals surface area (Å²) in [7, 11) is 0. The topological polar surface area (TPSA) is 20.2 Å². The van der Waals surface area contributed by atoms with Gasteiger partial charge in [-0.15, -0.1) is 12.6 Å². The first-order valence-corrected chi connectivity index (χ1v) is 2.63. The van der Waals surface area contributed by atoms with E-state index in [-0.39, 0.29) is 6.61 Å². The lowest BCUT2D eigenvalue weighted by molar-refractivity contribution is 0.343. The van der Waals surface area contributed by atoms with Crippen LogP contribution in [0, 0.1) is 0 Å². The predicted octanol–water partition coefficient (Wildman–Crippen LogP) is 0.792. The minimum atomic E-state index is 0.0285. The van der Waals surface area contributed by atoms with E-state index in [0.29, 0.717) is 4.20 Å². The minimum absolute atomic E-state index is 0.0285. The lowest BCUT2D eigenvalue weighted by Crippen LogP contribution is -1.74. The van der Waals surface area contributed by atoms with E-state index in [1.54, 1.807) is 6.08 Å². The third kappa shape index (κ3) is 6.14. The molecular formula is C4H6OS2. The molecule has 0 aromatic carbocycles. The molecular weight excluding hydrogens is 128 g/mol. The minimum Gasteiger partial charge on any atom is -0.392 e. The Labute approximate surface area is 53.5 Å². The van der Waals surface area contributed by atoms with E-state index in [9.17, 15) is 0 Å². The van der Waals surface area contributed by atoms with Crippen molar-refractivity contribution in [1.29, 1.82) is 0 Å². The number of hydrogen-bond acceptors (Lipinski definition) is 2. The first-order valence-electron chi connectivity index (χ1n) is 1.77. The van der Waals surface area contributed by atoms with Crippen molar-refractivity contribution < 1.29 is 5.11 Å². The van der Waals surface area contributed by atoms with E-state index < -0.39 is 0 Å². The number of aliphatic hydroxyl groups is 1. The van der Waals surface area contributed by atoms with E-state index in [1.807, 2.05) is 0 Å². The van der Waals surface area contributed by atoms with Gasteiger partial charge in [-0.25, -0.2) is 0 Å². The molecule has 0 saturated carbocycles. The fraction of sp³-hybridized carbons (Fsp3) is 0.250. The van der Waals surface area contributed by atoms with Crippen LogP contribution in [0.4, 0.5) is 0 Å². The summed E-state index contributed by atoms with van der Waals surface area (Å²) in [5.74, 6) is 0. The van der Waals surface area contributed by atoms with Gasteiger partial charge in [-0.05, 0) is 6.08 Å². The molecule has 0 atom stereocenters. The highest BCUT2D eigenvalue weighted by atomic mass is 32.1. The van der Waals surface area contributed by atoms with Gasteiger partial charge in [0.25, 0.3) is 0 Å². The zero-order valence-corrected chi connectivity index (χ0v) is 5.38. The molecule has 0 rings (SSSR count). The molecule has 7 heavy (non-hydrogen) atoms. The van der Waals surface area contributed by atoms with Crippen molar-refractivity contribution in [1.82, 2.24) is 0 Å². The van der Waals surface area contributed by atoms with Gasteiger partial charge in [0.15, 0.2) is 0 Å². The molecule has 0 unspecified atom stereocenters. The van der Waals surface area contributed by atoms with Crippen LogP contribution < -0.4 is 0 Å². The summed E-state index contributed by atoms with van der Waals surface area (Å²) in [6, 6.07) is 0. The number of rotatable bonds is 2. The maximum atomic E-state index is 8.13. The summed E-state index contributed by atoms with van der Waals surface area (Å²) in [6.07, 6.45) is 3.10. The summed E-state index contributed by atoms with van der Waals surface area (Å²) < 4.78 is 0.494. The van der Waals surface area contributed by atoms with Crippen molar-refractivity contribution in [3.05, 3.63) is 12.2 Å². The monoisotopic (exact) mass is 134 g/mol. The van der Waals surface area contributed by atoms with Crippen LogP contribution in [0.15, 0.2) is 12.2 Å². The van der Waals surface area contributed by atoms with Crippen molar-refractivity contribution in [2.75, 3.05) is 6.61 Å². The third-order valence-electron chi connectivity index (χ3n) is 0.366. The molecule has 0 aromatic heterocycles. The molecule has 0 spiro atoms. The summed E-state index contributed by atoms with van der Waals surface area (Å²) in [5, 5.41) is 8.13. The molecule has 3 heteroatoms. The molecule has 0 heterocycles. The van der Waals surface area contributed by atoms with Gasteiger partial charge in [-0.2, -0.15) is 0 Å².